The molecule has 1 rings (SSSR count). The number of furan rings is 1. The average molecular weight is 292 g/mol. The summed E-state index contributed by atoms with van der Waals surface area (Å²) < 4.78 is 16.5. The number of hydrogen-bond donors (Lipinski definition) is 1. The highest BCUT2D eigenvalue weighted by atomic mass is 79.9. The quantitative estimate of drug-likeness (QED) is 0.838. The van der Waals surface area contributed by atoms with E-state index in [1.54, 1.807) is 14.2 Å². The summed E-state index contributed by atoms with van der Waals surface area (Å²) in [5, 5.41) is 3.33. The van der Waals surface area contributed by atoms with Gasteiger partial charge in [0.05, 0.1) is 18.8 Å². The van der Waals surface area contributed by atoms with Crippen LogP contribution in [0.1, 0.15) is 18.7 Å². The topological polar surface area (TPSA) is 43.6 Å². The van der Waals surface area contributed by atoms with Crippen LogP contribution in [0.3, 0.4) is 0 Å². The van der Waals surface area contributed by atoms with Crippen LogP contribution in [0.2, 0.25) is 0 Å². The molecule has 1 aromatic rings. The second kappa shape index (κ2) is 7.06. The van der Waals surface area contributed by atoms with E-state index >= 15 is 0 Å². The standard InChI is InChI=1S/C11H18BrNO3/c1-8(10-4-5-11(12)16-10)13-6-9(15-3)7-14-2/h4-5,8-9,13H,6-7H2,1-3H3. The van der Waals surface area contributed by atoms with E-state index in [2.05, 4.69) is 21.2 Å². The maximum atomic E-state index is 5.45. The van der Waals surface area contributed by atoms with E-state index in [1.807, 2.05) is 19.1 Å². The van der Waals surface area contributed by atoms with Crippen molar-refractivity contribution in [1.82, 2.24) is 5.32 Å². The summed E-state index contributed by atoms with van der Waals surface area (Å²) in [6, 6.07) is 3.98. The van der Waals surface area contributed by atoms with Crippen LogP contribution >= 0.6 is 15.9 Å². The molecular formula is C11H18BrNO3. The zero-order chi connectivity index (χ0) is 12.0. The number of ether oxygens (including phenoxy) is 2. The van der Waals surface area contributed by atoms with Gasteiger partial charge in [-0.25, -0.2) is 0 Å². The predicted molar refractivity (Wildman–Crippen MR) is 65.5 cm³/mol. The molecule has 4 nitrogen and oxygen atoms in total. The summed E-state index contributed by atoms with van der Waals surface area (Å²) in [4.78, 5) is 0. The number of methoxy groups -OCH3 is 2. The van der Waals surface area contributed by atoms with Crippen molar-refractivity contribution in [2.24, 2.45) is 0 Å². The van der Waals surface area contributed by atoms with E-state index in [4.69, 9.17) is 13.9 Å². The molecule has 0 saturated carbocycles. The molecule has 5 heteroatoms. The molecule has 1 heterocycles. The molecule has 2 atom stereocenters. The van der Waals surface area contributed by atoms with Crippen LogP contribution in [0.25, 0.3) is 0 Å². The first-order valence-electron chi connectivity index (χ1n) is 5.17. The smallest absolute Gasteiger partial charge is 0.169 e. The highest BCUT2D eigenvalue weighted by Gasteiger charge is 2.12. The molecule has 0 bridgehead atoms. The summed E-state index contributed by atoms with van der Waals surface area (Å²) in [5.41, 5.74) is 0. The molecule has 0 aliphatic rings. The lowest BCUT2D eigenvalue weighted by atomic mass is 10.2. The van der Waals surface area contributed by atoms with Gasteiger partial charge in [0.15, 0.2) is 4.67 Å². The third kappa shape index (κ3) is 4.25. The van der Waals surface area contributed by atoms with E-state index in [0.717, 1.165) is 17.0 Å². The Labute approximate surface area is 104 Å². The zero-order valence-corrected chi connectivity index (χ0v) is 11.4. The predicted octanol–water partition coefficient (Wildman–Crippen LogP) is 2.35. The Bertz CT molecular complexity index is 303. The molecule has 0 amide bonds. The summed E-state index contributed by atoms with van der Waals surface area (Å²) in [7, 11) is 3.35. The highest BCUT2D eigenvalue weighted by molar-refractivity contribution is 9.10. The van der Waals surface area contributed by atoms with Crippen molar-refractivity contribution in [2.45, 2.75) is 19.1 Å². The molecule has 0 aromatic carbocycles. The minimum Gasteiger partial charge on any atom is -0.453 e. The minimum absolute atomic E-state index is 0.0610. The van der Waals surface area contributed by atoms with Crippen molar-refractivity contribution in [3.05, 3.63) is 22.6 Å². The first-order chi connectivity index (χ1) is 7.67. The Morgan fingerprint density at radius 2 is 2.19 bits per heavy atom. The van der Waals surface area contributed by atoms with Gasteiger partial charge in [0, 0.05) is 20.8 Å². The first-order valence-corrected chi connectivity index (χ1v) is 5.97. The molecule has 2 unspecified atom stereocenters. The number of halogens is 1. The van der Waals surface area contributed by atoms with Crippen LogP contribution in [-0.4, -0.2) is 33.5 Å². The molecule has 1 N–H and O–H groups in total. The molecule has 0 radical (unpaired) electrons. The van der Waals surface area contributed by atoms with Gasteiger partial charge in [0.1, 0.15) is 5.76 Å². The van der Waals surface area contributed by atoms with Gasteiger partial charge in [0.2, 0.25) is 0 Å². The summed E-state index contributed by atoms with van der Waals surface area (Å²) in [5.74, 6) is 0.902. The molecule has 1 aromatic heterocycles. The fraction of sp³-hybridized carbons (Fsp3) is 0.636. The minimum atomic E-state index is 0.0610. The number of hydrogen-bond acceptors (Lipinski definition) is 4. The van der Waals surface area contributed by atoms with Crippen molar-refractivity contribution in [1.29, 1.82) is 0 Å². The second-order valence-corrected chi connectivity index (χ2v) is 4.37. The van der Waals surface area contributed by atoms with Crippen LogP contribution in [0.15, 0.2) is 21.2 Å². The van der Waals surface area contributed by atoms with E-state index in [0.29, 0.717) is 6.61 Å². The van der Waals surface area contributed by atoms with Gasteiger partial charge in [-0.3, -0.25) is 0 Å². The van der Waals surface area contributed by atoms with Crippen molar-refractivity contribution in [3.8, 4) is 0 Å². The van der Waals surface area contributed by atoms with E-state index in [1.165, 1.54) is 0 Å². The Morgan fingerprint density at radius 1 is 1.44 bits per heavy atom. The fourth-order valence-corrected chi connectivity index (χ4v) is 1.69. The van der Waals surface area contributed by atoms with Crippen LogP contribution in [0, 0.1) is 0 Å². The molecule has 0 aliphatic carbocycles. The third-order valence-electron chi connectivity index (χ3n) is 2.36. The van der Waals surface area contributed by atoms with Gasteiger partial charge in [0.25, 0.3) is 0 Å². The van der Waals surface area contributed by atoms with E-state index < -0.39 is 0 Å². The van der Waals surface area contributed by atoms with E-state index in [9.17, 15) is 0 Å². The van der Waals surface area contributed by atoms with Crippen LogP contribution in [-0.2, 0) is 9.47 Å². The Kier molecular flexibility index (Phi) is 6.05. The monoisotopic (exact) mass is 291 g/mol. The first kappa shape index (κ1) is 13.7. The van der Waals surface area contributed by atoms with Gasteiger partial charge >= 0.3 is 0 Å². The van der Waals surface area contributed by atoms with Crippen LogP contribution in [0.5, 0.6) is 0 Å². The van der Waals surface area contributed by atoms with Crippen molar-refractivity contribution in [3.63, 3.8) is 0 Å². The second-order valence-electron chi connectivity index (χ2n) is 3.58. The summed E-state index contributed by atoms with van der Waals surface area (Å²) in [6.45, 7) is 3.35. The van der Waals surface area contributed by atoms with Crippen molar-refractivity contribution >= 4 is 15.9 Å². The fourth-order valence-electron chi connectivity index (χ4n) is 1.37. The Hall–Kier alpha value is -0.360. The molecule has 0 aliphatic heterocycles. The normalized spacial score (nSPS) is 15.0. The molecule has 16 heavy (non-hydrogen) atoms. The highest BCUT2D eigenvalue weighted by Crippen LogP contribution is 2.19. The average Bonchev–Trinajstić information content (AvgIpc) is 2.70. The van der Waals surface area contributed by atoms with E-state index in [-0.39, 0.29) is 12.1 Å². The summed E-state index contributed by atoms with van der Waals surface area (Å²) >= 11 is 3.28. The van der Waals surface area contributed by atoms with Gasteiger partial charge < -0.3 is 19.2 Å². The number of rotatable bonds is 7. The lowest BCUT2D eigenvalue weighted by Gasteiger charge is -2.17. The van der Waals surface area contributed by atoms with Gasteiger partial charge in [-0.2, -0.15) is 0 Å². The zero-order valence-electron chi connectivity index (χ0n) is 9.83. The number of nitrogens with one attached hydrogen (secondary N) is 1. The Balaban J connectivity index is 2.36. The van der Waals surface area contributed by atoms with Crippen molar-refractivity contribution in [2.75, 3.05) is 27.4 Å². The molecule has 92 valence electrons. The summed E-state index contributed by atoms with van der Waals surface area (Å²) in [6.07, 6.45) is 0.0610. The molecular weight excluding hydrogens is 274 g/mol. The maximum absolute atomic E-state index is 5.45. The van der Waals surface area contributed by atoms with Crippen LogP contribution < -0.4 is 5.32 Å². The molecule has 0 saturated heterocycles. The van der Waals surface area contributed by atoms with Gasteiger partial charge in [-0.05, 0) is 35.0 Å². The van der Waals surface area contributed by atoms with Gasteiger partial charge in [-0.1, -0.05) is 0 Å². The largest absolute Gasteiger partial charge is 0.453 e. The van der Waals surface area contributed by atoms with Gasteiger partial charge in [-0.15, -0.1) is 0 Å². The molecule has 0 fully saturated rings. The lowest BCUT2D eigenvalue weighted by molar-refractivity contribution is 0.0273. The third-order valence-corrected chi connectivity index (χ3v) is 2.78. The SMILES string of the molecule is COCC(CNC(C)c1ccc(Br)o1)OC. The van der Waals surface area contributed by atoms with Crippen LogP contribution in [0.4, 0.5) is 0 Å². The Morgan fingerprint density at radius 3 is 2.69 bits per heavy atom. The molecule has 0 spiro atoms. The maximum Gasteiger partial charge on any atom is 0.169 e. The van der Waals surface area contributed by atoms with Crippen molar-refractivity contribution < 1.29 is 13.9 Å². The lowest BCUT2D eigenvalue weighted by Crippen LogP contribution is -2.33.